The van der Waals surface area contributed by atoms with E-state index in [1.807, 2.05) is 61.7 Å². The lowest BCUT2D eigenvalue weighted by molar-refractivity contribution is -0.0349. The third-order valence-electron chi connectivity index (χ3n) is 5.63. The Hall–Kier alpha value is -3.10. The Labute approximate surface area is 195 Å². The molecule has 0 radical (unpaired) electrons. The van der Waals surface area contributed by atoms with Gasteiger partial charge in [0.1, 0.15) is 6.10 Å². The molecule has 1 aliphatic rings. The van der Waals surface area contributed by atoms with Crippen LogP contribution in [0.4, 0.5) is 5.95 Å². The number of amides is 1. The van der Waals surface area contributed by atoms with Crippen LogP contribution in [-0.2, 0) is 11.3 Å². The van der Waals surface area contributed by atoms with Crippen molar-refractivity contribution in [1.29, 1.82) is 0 Å². The van der Waals surface area contributed by atoms with Gasteiger partial charge in [-0.3, -0.25) is 9.69 Å². The van der Waals surface area contributed by atoms with Gasteiger partial charge in [-0.2, -0.15) is 0 Å². The van der Waals surface area contributed by atoms with Crippen LogP contribution in [0, 0.1) is 5.92 Å². The summed E-state index contributed by atoms with van der Waals surface area (Å²) in [4.78, 5) is 30.9. The van der Waals surface area contributed by atoms with Crippen molar-refractivity contribution in [3.8, 4) is 0 Å². The van der Waals surface area contributed by atoms with Crippen molar-refractivity contribution in [2.75, 3.05) is 45.2 Å². The summed E-state index contributed by atoms with van der Waals surface area (Å²) in [6.07, 6.45) is 3.54. The van der Waals surface area contributed by atoms with E-state index in [2.05, 4.69) is 34.0 Å². The minimum Gasteiger partial charge on any atom is -0.369 e. The summed E-state index contributed by atoms with van der Waals surface area (Å²) in [6, 6.07) is 9.66. The molecule has 4 rings (SSSR count). The Balaban J connectivity index is 1.54. The second kappa shape index (κ2) is 10.2. The van der Waals surface area contributed by atoms with E-state index < -0.39 is 0 Å². The molecule has 1 atom stereocenters. The van der Waals surface area contributed by atoms with Crippen LogP contribution < -0.4 is 10.2 Å². The molecule has 1 saturated heterocycles. The smallest absolute Gasteiger partial charge is 0.252 e. The number of fused-ring (bicyclic) bond motifs is 1. The normalized spacial score (nSPS) is 16.8. The van der Waals surface area contributed by atoms with Gasteiger partial charge < -0.3 is 15.0 Å². The van der Waals surface area contributed by atoms with Crippen molar-refractivity contribution in [3.63, 3.8) is 0 Å². The fourth-order valence-corrected chi connectivity index (χ4v) is 3.88. The fourth-order valence-electron chi connectivity index (χ4n) is 3.88. The number of hydrogen-bond acceptors (Lipinski definition) is 7. The number of ether oxygens (including phenoxy) is 1. The standard InChI is InChI=1S/C25H32N6O2/c1-17(2)12-26-24(32)20-11-22(29-21-8-6-5-7-19(20)21)23-16-31(9-10-33-23)15-18-13-27-25(28-14-18)30(3)4/h5-8,11,13-14,17,23H,9-10,12,15-16H2,1-4H3,(H,26,32)/t23-/m0/s1. The van der Waals surface area contributed by atoms with E-state index in [1.165, 1.54) is 0 Å². The predicted octanol–water partition coefficient (Wildman–Crippen LogP) is 3.05. The first kappa shape index (κ1) is 23.1. The van der Waals surface area contributed by atoms with Gasteiger partial charge in [-0.05, 0) is 18.1 Å². The number of para-hydroxylation sites is 1. The SMILES string of the molecule is CC(C)CNC(=O)c1cc([C@@H]2CN(Cc3cnc(N(C)C)nc3)CCO2)nc2ccccc12. The fraction of sp³-hybridized carbons (Fsp3) is 0.440. The van der Waals surface area contributed by atoms with Crippen LogP contribution in [0.25, 0.3) is 10.9 Å². The molecule has 1 fully saturated rings. The minimum atomic E-state index is -0.207. The largest absolute Gasteiger partial charge is 0.369 e. The van der Waals surface area contributed by atoms with Gasteiger partial charge >= 0.3 is 0 Å². The molecule has 0 bridgehead atoms. The van der Waals surface area contributed by atoms with Gasteiger partial charge in [-0.15, -0.1) is 0 Å². The summed E-state index contributed by atoms with van der Waals surface area (Å²) in [5, 5.41) is 3.89. The van der Waals surface area contributed by atoms with E-state index >= 15 is 0 Å². The number of nitrogens with one attached hydrogen (secondary N) is 1. The lowest BCUT2D eigenvalue weighted by atomic mass is 10.0. The quantitative estimate of drug-likeness (QED) is 0.595. The van der Waals surface area contributed by atoms with E-state index in [0.29, 0.717) is 37.1 Å². The molecule has 0 spiro atoms. The van der Waals surface area contributed by atoms with E-state index in [4.69, 9.17) is 9.72 Å². The van der Waals surface area contributed by atoms with E-state index in [0.717, 1.165) is 35.2 Å². The van der Waals surface area contributed by atoms with E-state index in [9.17, 15) is 4.79 Å². The number of morpholine rings is 1. The Morgan fingerprint density at radius 1 is 1.24 bits per heavy atom. The average Bonchev–Trinajstić information content (AvgIpc) is 2.82. The molecular formula is C25H32N6O2. The van der Waals surface area contributed by atoms with Gasteiger partial charge in [0.05, 0.1) is 23.4 Å². The van der Waals surface area contributed by atoms with Gasteiger partial charge in [0.2, 0.25) is 5.95 Å². The number of rotatable bonds is 7. The van der Waals surface area contributed by atoms with Gasteiger partial charge in [0.25, 0.3) is 5.91 Å². The first-order chi connectivity index (χ1) is 15.9. The van der Waals surface area contributed by atoms with Gasteiger partial charge in [-0.1, -0.05) is 32.0 Å². The Kier molecular flexibility index (Phi) is 7.15. The second-order valence-corrected chi connectivity index (χ2v) is 9.10. The van der Waals surface area contributed by atoms with Crippen molar-refractivity contribution in [2.24, 2.45) is 5.92 Å². The van der Waals surface area contributed by atoms with Crippen LogP contribution in [0.2, 0.25) is 0 Å². The minimum absolute atomic E-state index is 0.0747. The number of aromatic nitrogens is 3. The summed E-state index contributed by atoms with van der Waals surface area (Å²) in [5.41, 5.74) is 3.29. The molecule has 33 heavy (non-hydrogen) atoms. The molecule has 1 N–H and O–H groups in total. The number of pyridine rings is 1. The van der Waals surface area contributed by atoms with E-state index in [-0.39, 0.29) is 12.0 Å². The molecule has 1 aliphatic heterocycles. The molecule has 0 aliphatic carbocycles. The highest BCUT2D eigenvalue weighted by molar-refractivity contribution is 6.06. The van der Waals surface area contributed by atoms with Crippen molar-refractivity contribution in [2.45, 2.75) is 26.5 Å². The lowest BCUT2D eigenvalue weighted by Gasteiger charge is -2.32. The summed E-state index contributed by atoms with van der Waals surface area (Å²) < 4.78 is 6.09. The topological polar surface area (TPSA) is 83.5 Å². The third-order valence-corrected chi connectivity index (χ3v) is 5.63. The number of benzene rings is 1. The van der Waals surface area contributed by atoms with Crippen LogP contribution in [0.15, 0.2) is 42.7 Å². The molecule has 1 aromatic carbocycles. The second-order valence-electron chi connectivity index (χ2n) is 9.10. The monoisotopic (exact) mass is 448 g/mol. The molecule has 8 heteroatoms. The molecular weight excluding hydrogens is 416 g/mol. The molecule has 1 amide bonds. The lowest BCUT2D eigenvalue weighted by Crippen LogP contribution is -2.38. The Bertz CT molecular complexity index is 1100. The molecule has 174 valence electrons. The maximum absolute atomic E-state index is 13.0. The maximum atomic E-state index is 13.0. The molecule has 3 aromatic rings. The molecule has 0 saturated carbocycles. The number of hydrogen-bond donors (Lipinski definition) is 1. The third kappa shape index (κ3) is 5.64. The Morgan fingerprint density at radius 3 is 2.73 bits per heavy atom. The summed E-state index contributed by atoms with van der Waals surface area (Å²) in [7, 11) is 3.85. The maximum Gasteiger partial charge on any atom is 0.252 e. The van der Waals surface area contributed by atoms with Crippen molar-refractivity contribution in [3.05, 3.63) is 59.5 Å². The van der Waals surface area contributed by atoms with Gasteiger partial charge in [0.15, 0.2) is 0 Å². The highest BCUT2D eigenvalue weighted by Gasteiger charge is 2.25. The van der Waals surface area contributed by atoms with Crippen molar-refractivity contribution >= 4 is 22.8 Å². The van der Waals surface area contributed by atoms with Crippen LogP contribution in [-0.4, -0.2) is 66.1 Å². The van der Waals surface area contributed by atoms with E-state index in [1.54, 1.807) is 0 Å². The first-order valence-electron chi connectivity index (χ1n) is 11.4. The van der Waals surface area contributed by atoms with Crippen LogP contribution in [0.1, 0.15) is 41.6 Å². The number of carbonyl (C=O) groups excluding carboxylic acids is 1. The van der Waals surface area contributed by atoms with Crippen LogP contribution in [0.5, 0.6) is 0 Å². The highest BCUT2D eigenvalue weighted by Crippen LogP contribution is 2.27. The van der Waals surface area contributed by atoms with Crippen LogP contribution >= 0.6 is 0 Å². The summed E-state index contributed by atoms with van der Waals surface area (Å²) >= 11 is 0. The zero-order chi connectivity index (χ0) is 23.4. The Morgan fingerprint density at radius 2 is 2.00 bits per heavy atom. The van der Waals surface area contributed by atoms with Crippen LogP contribution in [0.3, 0.4) is 0 Å². The number of carbonyl (C=O) groups is 1. The molecule has 2 aromatic heterocycles. The van der Waals surface area contributed by atoms with Gasteiger partial charge in [-0.25, -0.2) is 15.0 Å². The molecule has 3 heterocycles. The highest BCUT2D eigenvalue weighted by atomic mass is 16.5. The van der Waals surface area contributed by atoms with Crippen molar-refractivity contribution < 1.29 is 9.53 Å². The molecule has 0 unspecified atom stereocenters. The zero-order valence-corrected chi connectivity index (χ0v) is 19.8. The molecule has 8 nitrogen and oxygen atoms in total. The zero-order valence-electron chi connectivity index (χ0n) is 19.8. The number of anilines is 1. The summed E-state index contributed by atoms with van der Waals surface area (Å²) in [5.74, 6) is 1.00. The van der Waals surface area contributed by atoms with Crippen molar-refractivity contribution in [1.82, 2.24) is 25.2 Å². The number of nitrogens with zero attached hydrogens (tertiary/aromatic N) is 5. The first-order valence-corrected chi connectivity index (χ1v) is 11.4. The predicted molar refractivity (Wildman–Crippen MR) is 129 cm³/mol. The average molecular weight is 449 g/mol. The van der Waals surface area contributed by atoms with Gasteiger partial charge in [0, 0.05) is 63.6 Å². The summed E-state index contributed by atoms with van der Waals surface area (Å²) in [6.45, 7) is 7.65.